The van der Waals surface area contributed by atoms with E-state index in [0.717, 1.165) is 6.08 Å². The highest BCUT2D eigenvalue weighted by atomic mass is 16.5. The highest BCUT2D eigenvalue weighted by Crippen LogP contribution is 1.78. The quantitative estimate of drug-likeness (QED) is 0.327. The zero-order valence-electron chi connectivity index (χ0n) is 7.28. The zero-order chi connectivity index (χ0) is 10.1. The normalized spacial score (nSPS) is 9.23. The monoisotopic (exact) mass is 187 g/mol. The van der Waals surface area contributed by atoms with E-state index in [1.54, 1.807) is 0 Å². The minimum atomic E-state index is -0.851. The molecule has 0 atom stereocenters. The lowest BCUT2D eigenvalue weighted by Gasteiger charge is -2.02. The van der Waals surface area contributed by atoms with Crippen molar-refractivity contribution in [3.8, 4) is 0 Å². The lowest BCUT2D eigenvalue weighted by Crippen LogP contribution is -2.23. The van der Waals surface area contributed by atoms with Gasteiger partial charge in [-0.15, -0.1) is 0 Å². The maximum absolute atomic E-state index is 10.5. The van der Waals surface area contributed by atoms with E-state index in [9.17, 15) is 9.59 Å². The van der Waals surface area contributed by atoms with E-state index in [2.05, 4.69) is 16.6 Å². The highest BCUT2D eigenvalue weighted by Gasteiger charge is 1.96. The summed E-state index contributed by atoms with van der Waals surface area (Å²) in [6.45, 7) is 4.28. The summed E-state index contributed by atoms with van der Waals surface area (Å²) in [6.07, 6.45) is 1.15. The third-order valence-corrected chi connectivity index (χ3v) is 1.21. The molecule has 0 aliphatic rings. The fourth-order valence-electron chi connectivity index (χ4n) is 0.603. The van der Waals surface area contributed by atoms with E-state index in [-0.39, 0.29) is 13.0 Å². The summed E-state index contributed by atoms with van der Waals surface area (Å²) in [5.41, 5.74) is 0. The molecule has 0 aliphatic carbocycles. The largest absolute Gasteiger partial charge is 0.481 e. The van der Waals surface area contributed by atoms with E-state index in [1.807, 2.05) is 0 Å². The Morgan fingerprint density at radius 3 is 2.69 bits per heavy atom. The van der Waals surface area contributed by atoms with Crippen molar-refractivity contribution in [1.29, 1.82) is 0 Å². The van der Waals surface area contributed by atoms with Gasteiger partial charge >= 0.3 is 11.9 Å². The van der Waals surface area contributed by atoms with Crippen LogP contribution in [-0.2, 0) is 14.3 Å². The van der Waals surface area contributed by atoms with Crippen LogP contribution >= 0.6 is 0 Å². The smallest absolute Gasteiger partial charge is 0.330 e. The lowest BCUT2D eigenvalue weighted by molar-refractivity contribution is -0.138. The summed E-state index contributed by atoms with van der Waals surface area (Å²) >= 11 is 0. The van der Waals surface area contributed by atoms with Crippen LogP contribution in [0.2, 0.25) is 0 Å². The molecule has 0 rings (SSSR count). The molecular weight excluding hydrogens is 174 g/mol. The molecular formula is C8H13NO4. The van der Waals surface area contributed by atoms with Crippen LogP contribution < -0.4 is 5.32 Å². The van der Waals surface area contributed by atoms with E-state index in [1.165, 1.54) is 0 Å². The summed E-state index contributed by atoms with van der Waals surface area (Å²) in [4.78, 5) is 20.5. The average molecular weight is 187 g/mol. The third kappa shape index (κ3) is 8.55. The minimum Gasteiger partial charge on any atom is -0.481 e. The Hall–Kier alpha value is -1.36. The first-order valence-corrected chi connectivity index (χ1v) is 3.88. The number of carbonyl (C=O) groups excluding carboxylic acids is 1. The van der Waals surface area contributed by atoms with Gasteiger partial charge in [0.25, 0.3) is 0 Å². The number of rotatable bonds is 7. The number of aliphatic carboxylic acids is 1. The standard InChI is InChI=1S/C8H13NO4/c1-2-8(12)13-6-5-9-4-3-7(10)11/h2,9H,1,3-6H2,(H,10,11). The van der Waals surface area contributed by atoms with Crippen molar-refractivity contribution >= 4 is 11.9 Å². The van der Waals surface area contributed by atoms with Gasteiger partial charge in [0, 0.05) is 19.2 Å². The highest BCUT2D eigenvalue weighted by molar-refractivity contribution is 5.81. The molecule has 0 saturated carbocycles. The van der Waals surface area contributed by atoms with Crippen LogP contribution in [0.25, 0.3) is 0 Å². The minimum absolute atomic E-state index is 0.0649. The second kappa shape index (κ2) is 7.30. The van der Waals surface area contributed by atoms with Crippen molar-refractivity contribution in [2.24, 2.45) is 0 Å². The van der Waals surface area contributed by atoms with Crippen LogP contribution in [0.3, 0.4) is 0 Å². The Bertz CT molecular complexity index is 191. The summed E-state index contributed by atoms with van der Waals surface area (Å²) in [7, 11) is 0. The van der Waals surface area contributed by atoms with Crippen LogP contribution in [0.15, 0.2) is 12.7 Å². The molecule has 0 aromatic carbocycles. The molecule has 74 valence electrons. The maximum atomic E-state index is 10.5. The molecule has 0 aliphatic heterocycles. The van der Waals surface area contributed by atoms with Crippen molar-refractivity contribution in [2.45, 2.75) is 6.42 Å². The summed E-state index contributed by atoms with van der Waals surface area (Å²) in [5, 5.41) is 11.1. The van der Waals surface area contributed by atoms with Crippen LogP contribution in [-0.4, -0.2) is 36.7 Å². The zero-order valence-corrected chi connectivity index (χ0v) is 7.28. The molecule has 0 heterocycles. The van der Waals surface area contributed by atoms with Gasteiger partial charge in [-0.3, -0.25) is 4.79 Å². The van der Waals surface area contributed by atoms with Gasteiger partial charge < -0.3 is 15.2 Å². The molecule has 2 N–H and O–H groups in total. The number of nitrogens with one attached hydrogen (secondary N) is 1. The maximum Gasteiger partial charge on any atom is 0.330 e. The first-order valence-electron chi connectivity index (χ1n) is 3.88. The Labute approximate surface area is 76.4 Å². The number of hydrogen-bond acceptors (Lipinski definition) is 4. The fraction of sp³-hybridized carbons (Fsp3) is 0.500. The molecule has 13 heavy (non-hydrogen) atoms. The summed E-state index contributed by atoms with van der Waals surface area (Å²) < 4.78 is 4.63. The van der Waals surface area contributed by atoms with Gasteiger partial charge in [-0.05, 0) is 0 Å². The van der Waals surface area contributed by atoms with Gasteiger partial charge in [0.1, 0.15) is 6.61 Å². The number of carboxylic acids is 1. The van der Waals surface area contributed by atoms with Crippen LogP contribution in [0.1, 0.15) is 6.42 Å². The Morgan fingerprint density at radius 1 is 1.46 bits per heavy atom. The summed E-state index contributed by atoms with van der Waals surface area (Å²) in [5.74, 6) is -1.32. The first kappa shape index (κ1) is 11.6. The molecule has 5 heteroatoms. The Balaban J connectivity index is 3.12. The molecule has 0 aromatic rings. The second-order valence-corrected chi connectivity index (χ2v) is 2.27. The van der Waals surface area contributed by atoms with Crippen molar-refractivity contribution in [1.82, 2.24) is 5.32 Å². The molecule has 0 saturated heterocycles. The molecule has 0 aromatic heterocycles. The Morgan fingerprint density at radius 2 is 2.15 bits per heavy atom. The number of hydrogen-bond donors (Lipinski definition) is 2. The summed E-state index contributed by atoms with van der Waals surface area (Å²) in [6, 6.07) is 0. The van der Waals surface area contributed by atoms with Crippen LogP contribution in [0.4, 0.5) is 0 Å². The SMILES string of the molecule is C=CC(=O)OCCNCCC(=O)O. The fourth-order valence-corrected chi connectivity index (χ4v) is 0.603. The molecule has 0 radical (unpaired) electrons. The molecule has 0 spiro atoms. The number of ether oxygens (including phenoxy) is 1. The first-order chi connectivity index (χ1) is 6.16. The molecule has 0 unspecified atom stereocenters. The van der Waals surface area contributed by atoms with E-state index in [0.29, 0.717) is 13.1 Å². The Kier molecular flexibility index (Phi) is 6.53. The molecule has 5 nitrogen and oxygen atoms in total. The third-order valence-electron chi connectivity index (χ3n) is 1.21. The van der Waals surface area contributed by atoms with Crippen molar-refractivity contribution in [3.63, 3.8) is 0 Å². The molecule has 0 bridgehead atoms. The lowest BCUT2D eigenvalue weighted by atomic mass is 10.4. The van der Waals surface area contributed by atoms with Gasteiger partial charge in [-0.25, -0.2) is 4.79 Å². The van der Waals surface area contributed by atoms with E-state index in [4.69, 9.17) is 5.11 Å². The number of carbonyl (C=O) groups is 2. The molecule has 0 fully saturated rings. The van der Waals surface area contributed by atoms with Crippen LogP contribution in [0, 0.1) is 0 Å². The van der Waals surface area contributed by atoms with Gasteiger partial charge in [-0.2, -0.15) is 0 Å². The number of esters is 1. The van der Waals surface area contributed by atoms with Crippen molar-refractivity contribution in [3.05, 3.63) is 12.7 Å². The van der Waals surface area contributed by atoms with Crippen molar-refractivity contribution in [2.75, 3.05) is 19.7 Å². The predicted octanol–water partition coefficient (Wildman–Crippen LogP) is -0.220. The van der Waals surface area contributed by atoms with E-state index >= 15 is 0 Å². The predicted molar refractivity (Wildman–Crippen MR) is 46.3 cm³/mol. The molecule has 0 amide bonds. The topological polar surface area (TPSA) is 75.6 Å². The van der Waals surface area contributed by atoms with Gasteiger partial charge in [0.2, 0.25) is 0 Å². The van der Waals surface area contributed by atoms with Crippen LogP contribution in [0.5, 0.6) is 0 Å². The second-order valence-electron chi connectivity index (χ2n) is 2.27. The average Bonchev–Trinajstić information content (AvgIpc) is 2.10. The van der Waals surface area contributed by atoms with Gasteiger partial charge in [0.05, 0.1) is 6.42 Å². The van der Waals surface area contributed by atoms with E-state index < -0.39 is 11.9 Å². The van der Waals surface area contributed by atoms with Gasteiger partial charge in [0.15, 0.2) is 0 Å². The van der Waals surface area contributed by atoms with Gasteiger partial charge in [-0.1, -0.05) is 6.58 Å². The van der Waals surface area contributed by atoms with Crippen molar-refractivity contribution < 1.29 is 19.4 Å². The number of carboxylic acid groups (broad SMARTS) is 1.